The molecule has 2 aromatic heterocycles. The Morgan fingerprint density at radius 1 is 1.32 bits per heavy atom. The van der Waals surface area contributed by atoms with Crippen LogP contribution in [-0.2, 0) is 4.74 Å². The van der Waals surface area contributed by atoms with Gasteiger partial charge in [-0.25, -0.2) is 4.98 Å². The first-order valence-electron chi connectivity index (χ1n) is 8.76. The monoisotopic (exact) mass is 345 g/mol. The third kappa shape index (κ3) is 3.06. The van der Waals surface area contributed by atoms with Crippen molar-refractivity contribution in [2.45, 2.75) is 51.0 Å². The zero-order chi connectivity index (χ0) is 17.6. The standard InChI is InChI=1S/C17H23N5O3/c1-9-14(15(21-25-9)11-4-5-11)17(23)22(3)8-13-12(6-7-24-13)16-18-10(2)19-20-16/h11-13H,4-8H2,1-3H3,(H,18,19,20)/t12-,13-/m1/s1. The molecule has 1 aliphatic carbocycles. The van der Waals surface area contributed by atoms with E-state index in [9.17, 15) is 4.79 Å². The van der Waals surface area contributed by atoms with E-state index in [0.717, 1.165) is 36.6 Å². The van der Waals surface area contributed by atoms with E-state index in [4.69, 9.17) is 9.26 Å². The van der Waals surface area contributed by atoms with Gasteiger partial charge in [0.25, 0.3) is 5.91 Å². The first-order chi connectivity index (χ1) is 12.0. The van der Waals surface area contributed by atoms with Crippen LogP contribution in [0.1, 0.15) is 64.6 Å². The number of aromatic nitrogens is 4. The zero-order valence-electron chi connectivity index (χ0n) is 14.8. The van der Waals surface area contributed by atoms with Crippen molar-refractivity contribution in [3.8, 4) is 0 Å². The molecule has 25 heavy (non-hydrogen) atoms. The fraction of sp³-hybridized carbons (Fsp3) is 0.647. The summed E-state index contributed by atoms with van der Waals surface area (Å²) >= 11 is 0. The largest absolute Gasteiger partial charge is 0.376 e. The number of H-pyrrole nitrogens is 1. The predicted molar refractivity (Wildman–Crippen MR) is 88.4 cm³/mol. The van der Waals surface area contributed by atoms with E-state index < -0.39 is 0 Å². The average molecular weight is 345 g/mol. The second-order valence-corrected chi connectivity index (χ2v) is 7.04. The Kier molecular flexibility index (Phi) is 4.07. The SMILES string of the molecule is Cc1nc([C@@H]2CCO[C@@H]2CN(C)C(=O)c2c(C3CC3)noc2C)n[nH]1. The second-order valence-electron chi connectivity index (χ2n) is 7.04. The Bertz CT molecular complexity index is 779. The normalized spacial score (nSPS) is 23.2. The molecular weight excluding hydrogens is 322 g/mol. The number of ether oxygens (including phenoxy) is 1. The number of carbonyl (C=O) groups is 1. The van der Waals surface area contributed by atoms with Crippen molar-refractivity contribution >= 4 is 5.91 Å². The van der Waals surface area contributed by atoms with Gasteiger partial charge in [0.15, 0.2) is 5.82 Å². The minimum absolute atomic E-state index is 0.0546. The van der Waals surface area contributed by atoms with Gasteiger partial charge in [-0.3, -0.25) is 9.89 Å². The van der Waals surface area contributed by atoms with E-state index in [2.05, 4.69) is 20.3 Å². The van der Waals surface area contributed by atoms with Gasteiger partial charge in [0.2, 0.25) is 0 Å². The van der Waals surface area contributed by atoms with Crippen molar-refractivity contribution in [1.82, 2.24) is 25.2 Å². The van der Waals surface area contributed by atoms with Crippen LogP contribution in [0.2, 0.25) is 0 Å². The fourth-order valence-electron chi connectivity index (χ4n) is 3.48. The summed E-state index contributed by atoms with van der Waals surface area (Å²) in [5.41, 5.74) is 1.43. The molecule has 1 N–H and O–H groups in total. The van der Waals surface area contributed by atoms with Crippen LogP contribution in [0, 0.1) is 13.8 Å². The Morgan fingerprint density at radius 3 is 2.80 bits per heavy atom. The van der Waals surface area contributed by atoms with Crippen molar-refractivity contribution in [1.29, 1.82) is 0 Å². The molecule has 1 amide bonds. The number of aryl methyl sites for hydroxylation is 2. The summed E-state index contributed by atoms with van der Waals surface area (Å²) < 4.78 is 11.1. The number of carbonyl (C=O) groups excluding carboxylic acids is 1. The molecule has 0 spiro atoms. The quantitative estimate of drug-likeness (QED) is 0.889. The molecule has 2 atom stereocenters. The van der Waals surface area contributed by atoms with E-state index in [0.29, 0.717) is 30.4 Å². The maximum Gasteiger partial charge on any atom is 0.259 e. The summed E-state index contributed by atoms with van der Waals surface area (Å²) in [6.07, 6.45) is 2.92. The first kappa shape index (κ1) is 16.3. The maximum atomic E-state index is 12.9. The second kappa shape index (κ2) is 6.25. The van der Waals surface area contributed by atoms with E-state index in [1.54, 1.807) is 18.9 Å². The Labute approximate surface area is 145 Å². The number of nitrogens with one attached hydrogen (secondary N) is 1. The maximum absolute atomic E-state index is 12.9. The van der Waals surface area contributed by atoms with Crippen LogP contribution in [0.25, 0.3) is 0 Å². The molecule has 0 aromatic carbocycles. The van der Waals surface area contributed by atoms with Crippen LogP contribution in [-0.4, -0.2) is 57.4 Å². The lowest BCUT2D eigenvalue weighted by Crippen LogP contribution is -2.37. The molecule has 0 radical (unpaired) electrons. The van der Waals surface area contributed by atoms with Crippen LogP contribution < -0.4 is 0 Å². The van der Waals surface area contributed by atoms with Crippen molar-refractivity contribution < 1.29 is 14.1 Å². The van der Waals surface area contributed by atoms with Gasteiger partial charge < -0.3 is 14.2 Å². The highest BCUT2D eigenvalue weighted by Gasteiger charge is 2.37. The van der Waals surface area contributed by atoms with Crippen LogP contribution in [0.4, 0.5) is 0 Å². The third-order valence-corrected chi connectivity index (χ3v) is 5.02. The topological polar surface area (TPSA) is 97.1 Å². The van der Waals surface area contributed by atoms with Crippen molar-refractivity contribution in [3.63, 3.8) is 0 Å². The molecule has 1 aliphatic heterocycles. The number of rotatable bonds is 5. The van der Waals surface area contributed by atoms with Crippen molar-refractivity contribution in [2.75, 3.05) is 20.2 Å². The molecule has 8 heteroatoms. The highest BCUT2D eigenvalue weighted by molar-refractivity contribution is 5.96. The van der Waals surface area contributed by atoms with E-state index in [-0.39, 0.29) is 17.9 Å². The molecule has 2 aromatic rings. The van der Waals surface area contributed by atoms with Gasteiger partial charge in [0.1, 0.15) is 17.1 Å². The number of aromatic amines is 1. The summed E-state index contributed by atoms with van der Waals surface area (Å²) in [7, 11) is 1.80. The lowest BCUT2D eigenvalue weighted by molar-refractivity contribution is 0.0548. The van der Waals surface area contributed by atoms with Gasteiger partial charge >= 0.3 is 0 Å². The zero-order valence-corrected chi connectivity index (χ0v) is 14.8. The van der Waals surface area contributed by atoms with Gasteiger partial charge in [-0.05, 0) is 33.1 Å². The van der Waals surface area contributed by atoms with E-state index >= 15 is 0 Å². The van der Waals surface area contributed by atoms with Crippen molar-refractivity contribution in [2.24, 2.45) is 0 Å². The van der Waals surface area contributed by atoms with Crippen LogP contribution in [0.15, 0.2) is 4.52 Å². The Hall–Kier alpha value is -2.22. The molecule has 134 valence electrons. The van der Waals surface area contributed by atoms with Gasteiger partial charge in [-0.2, -0.15) is 5.10 Å². The molecule has 0 unspecified atom stereocenters. The smallest absolute Gasteiger partial charge is 0.259 e. The highest BCUT2D eigenvalue weighted by atomic mass is 16.5. The molecule has 0 bridgehead atoms. The molecule has 1 saturated heterocycles. The minimum atomic E-state index is -0.103. The van der Waals surface area contributed by atoms with Crippen molar-refractivity contribution in [3.05, 3.63) is 28.7 Å². The summed E-state index contributed by atoms with van der Waals surface area (Å²) in [6.45, 7) is 4.83. The number of hydrogen-bond donors (Lipinski definition) is 1. The van der Waals surface area contributed by atoms with Gasteiger partial charge in [-0.1, -0.05) is 5.16 Å². The molecule has 2 fully saturated rings. The number of hydrogen-bond acceptors (Lipinski definition) is 6. The summed E-state index contributed by atoms with van der Waals surface area (Å²) in [5, 5.41) is 11.2. The summed E-state index contributed by atoms with van der Waals surface area (Å²) in [4.78, 5) is 19.1. The highest BCUT2D eigenvalue weighted by Crippen LogP contribution is 2.42. The Morgan fingerprint density at radius 2 is 2.12 bits per heavy atom. The van der Waals surface area contributed by atoms with E-state index in [1.807, 2.05) is 6.92 Å². The summed E-state index contributed by atoms with van der Waals surface area (Å²) in [5.74, 6) is 2.57. The van der Waals surface area contributed by atoms with Gasteiger partial charge in [0.05, 0.1) is 17.7 Å². The minimum Gasteiger partial charge on any atom is -0.376 e. The average Bonchev–Trinajstić information content (AvgIpc) is 2.98. The predicted octanol–water partition coefficient (Wildman–Crippen LogP) is 1.93. The fourth-order valence-corrected chi connectivity index (χ4v) is 3.48. The lowest BCUT2D eigenvalue weighted by Gasteiger charge is -2.23. The lowest BCUT2D eigenvalue weighted by atomic mass is 10.00. The van der Waals surface area contributed by atoms with Gasteiger partial charge in [-0.15, -0.1) is 0 Å². The van der Waals surface area contributed by atoms with Crippen LogP contribution in [0.3, 0.4) is 0 Å². The number of nitrogens with zero attached hydrogens (tertiary/aromatic N) is 4. The molecule has 4 rings (SSSR count). The van der Waals surface area contributed by atoms with Gasteiger partial charge in [0, 0.05) is 26.1 Å². The summed E-state index contributed by atoms with van der Waals surface area (Å²) in [6, 6.07) is 0. The number of amides is 1. The molecule has 2 aliphatic rings. The van der Waals surface area contributed by atoms with E-state index in [1.165, 1.54) is 0 Å². The Balaban J connectivity index is 1.48. The molecule has 3 heterocycles. The van der Waals surface area contributed by atoms with Crippen LogP contribution >= 0.6 is 0 Å². The molecule has 8 nitrogen and oxygen atoms in total. The first-order valence-corrected chi connectivity index (χ1v) is 8.76. The molecule has 1 saturated carbocycles. The van der Waals surface area contributed by atoms with Crippen LogP contribution in [0.5, 0.6) is 0 Å². The number of likely N-dealkylation sites (N-methyl/N-ethyl adjacent to an activating group) is 1. The third-order valence-electron chi connectivity index (χ3n) is 5.02. The molecular formula is C17H23N5O3.